The van der Waals surface area contributed by atoms with Crippen LogP contribution < -0.4 is 5.63 Å². The van der Waals surface area contributed by atoms with Crippen LogP contribution in [0.15, 0.2) is 63.8 Å². The quantitative estimate of drug-likeness (QED) is 0.656. The lowest BCUT2D eigenvalue weighted by atomic mass is 10.1. The number of fused-ring (bicyclic) bond motifs is 1. The summed E-state index contributed by atoms with van der Waals surface area (Å²) in [5.74, 6) is -0.430. The minimum absolute atomic E-state index is 0.190. The first kappa shape index (κ1) is 11.3. The number of aromatic nitrogens is 1. The van der Waals surface area contributed by atoms with E-state index in [-0.39, 0.29) is 5.69 Å². The van der Waals surface area contributed by atoms with Crippen molar-refractivity contribution in [1.29, 1.82) is 0 Å². The van der Waals surface area contributed by atoms with E-state index < -0.39 is 11.4 Å². The van der Waals surface area contributed by atoms with Gasteiger partial charge in [0, 0.05) is 5.56 Å². The van der Waals surface area contributed by atoms with Crippen molar-refractivity contribution in [2.45, 2.75) is 0 Å². The van der Waals surface area contributed by atoms with Crippen LogP contribution >= 0.6 is 0 Å². The highest BCUT2D eigenvalue weighted by molar-refractivity contribution is 6.07. The summed E-state index contributed by atoms with van der Waals surface area (Å²) in [7, 11) is 0. The molecule has 3 rings (SSSR count). The maximum atomic E-state index is 12.2. The van der Waals surface area contributed by atoms with Crippen molar-refractivity contribution in [3.8, 4) is 0 Å². The summed E-state index contributed by atoms with van der Waals surface area (Å²) in [6.45, 7) is 0. The summed E-state index contributed by atoms with van der Waals surface area (Å²) in [6.07, 6.45) is 0. The molecule has 4 nitrogen and oxygen atoms in total. The average Bonchev–Trinajstić information content (AvgIpc) is 2.47. The van der Waals surface area contributed by atoms with E-state index >= 15 is 0 Å². The molecule has 2 aromatic carbocycles. The van der Waals surface area contributed by atoms with Gasteiger partial charge in [0.1, 0.15) is 5.52 Å². The Bertz CT molecular complexity index is 806. The second-order valence-corrected chi connectivity index (χ2v) is 4.01. The minimum Gasteiger partial charge on any atom is -0.419 e. The smallest absolute Gasteiger partial charge is 0.366 e. The monoisotopic (exact) mass is 251 g/mol. The summed E-state index contributed by atoms with van der Waals surface area (Å²) in [6, 6.07) is 15.4. The number of hydrogen-bond acceptors (Lipinski definition) is 4. The SMILES string of the molecule is O=C(c1ccccc1)c1nc2ccccc2oc1=O. The summed E-state index contributed by atoms with van der Waals surface area (Å²) >= 11 is 0. The van der Waals surface area contributed by atoms with Crippen molar-refractivity contribution < 1.29 is 9.21 Å². The Morgan fingerprint density at radius 1 is 0.947 bits per heavy atom. The molecule has 4 heteroatoms. The molecule has 0 amide bonds. The molecular weight excluding hydrogens is 242 g/mol. The fourth-order valence-electron chi connectivity index (χ4n) is 1.82. The van der Waals surface area contributed by atoms with Crippen LogP contribution in [0.3, 0.4) is 0 Å². The van der Waals surface area contributed by atoms with Gasteiger partial charge in [0.05, 0.1) is 0 Å². The highest BCUT2D eigenvalue weighted by Gasteiger charge is 2.16. The maximum Gasteiger partial charge on any atom is 0.366 e. The van der Waals surface area contributed by atoms with Crippen LogP contribution in [0.5, 0.6) is 0 Å². The van der Waals surface area contributed by atoms with Crippen molar-refractivity contribution in [3.05, 3.63) is 76.3 Å². The van der Waals surface area contributed by atoms with Crippen LogP contribution in [-0.4, -0.2) is 10.8 Å². The van der Waals surface area contributed by atoms with E-state index in [1.807, 2.05) is 0 Å². The van der Waals surface area contributed by atoms with E-state index in [0.717, 1.165) is 0 Å². The lowest BCUT2D eigenvalue weighted by Crippen LogP contribution is -2.17. The molecule has 0 saturated heterocycles. The second-order valence-electron chi connectivity index (χ2n) is 4.01. The van der Waals surface area contributed by atoms with Gasteiger partial charge in [0.15, 0.2) is 11.3 Å². The number of carbonyl (C=O) groups is 1. The first-order valence-electron chi connectivity index (χ1n) is 5.75. The second kappa shape index (κ2) is 4.49. The van der Waals surface area contributed by atoms with Crippen LogP contribution in [0.2, 0.25) is 0 Å². The zero-order chi connectivity index (χ0) is 13.2. The Hall–Kier alpha value is -2.75. The maximum absolute atomic E-state index is 12.2. The predicted molar refractivity (Wildman–Crippen MR) is 70.2 cm³/mol. The Morgan fingerprint density at radius 3 is 2.42 bits per heavy atom. The highest BCUT2D eigenvalue weighted by Crippen LogP contribution is 2.11. The molecule has 0 aliphatic rings. The van der Waals surface area contributed by atoms with Gasteiger partial charge < -0.3 is 4.42 Å². The molecule has 0 fully saturated rings. The number of nitrogens with zero attached hydrogens (tertiary/aromatic N) is 1. The Morgan fingerprint density at radius 2 is 1.63 bits per heavy atom. The largest absolute Gasteiger partial charge is 0.419 e. The third-order valence-corrected chi connectivity index (χ3v) is 2.74. The fraction of sp³-hybridized carbons (Fsp3) is 0. The van der Waals surface area contributed by atoms with Crippen molar-refractivity contribution in [3.63, 3.8) is 0 Å². The molecule has 1 aromatic heterocycles. The number of hydrogen-bond donors (Lipinski definition) is 0. The Labute approximate surface area is 108 Å². The number of rotatable bonds is 2. The van der Waals surface area contributed by atoms with Gasteiger partial charge in [-0.3, -0.25) is 4.79 Å². The molecule has 0 atom stereocenters. The number of ketones is 1. The van der Waals surface area contributed by atoms with Crippen LogP contribution in [0.25, 0.3) is 11.1 Å². The van der Waals surface area contributed by atoms with E-state index in [1.165, 1.54) is 0 Å². The molecule has 0 aliphatic heterocycles. The third-order valence-electron chi connectivity index (χ3n) is 2.74. The first-order valence-corrected chi connectivity index (χ1v) is 5.75. The summed E-state index contributed by atoms with van der Waals surface area (Å²) in [5, 5.41) is 0. The molecule has 3 aromatic rings. The van der Waals surface area contributed by atoms with Gasteiger partial charge in [-0.25, -0.2) is 9.78 Å². The van der Waals surface area contributed by atoms with Gasteiger partial charge >= 0.3 is 5.63 Å². The van der Waals surface area contributed by atoms with Crippen molar-refractivity contribution in [1.82, 2.24) is 4.98 Å². The van der Waals surface area contributed by atoms with Gasteiger partial charge in [-0.15, -0.1) is 0 Å². The molecule has 19 heavy (non-hydrogen) atoms. The van der Waals surface area contributed by atoms with E-state index in [4.69, 9.17) is 4.42 Å². The fourth-order valence-corrected chi connectivity index (χ4v) is 1.82. The van der Waals surface area contributed by atoms with Gasteiger partial charge in [-0.1, -0.05) is 42.5 Å². The lowest BCUT2D eigenvalue weighted by molar-refractivity contribution is 0.103. The van der Waals surface area contributed by atoms with E-state index in [9.17, 15) is 9.59 Å². The van der Waals surface area contributed by atoms with Crippen molar-refractivity contribution in [2.24, 2.45) is 0 Å². The molecule has 0 unspecified atom stereocenters. The van der Waals surface area contributed by atoms with Crippen LogP contribution in [-0.2, 0) is 0 Å². The normalized spacial score (nSPS) is 10.5. The number of carbonyl (C=O) groups excluding carboxylic acids is 1. The minimum atomic E-state index is -0.715. The third kappa shape index (κ3) is 2.04. The summed E-state index contributed by atoms with van der Waals surface area (Å²) in [4.78, 5) is 28.1. The molecule has 0 bridgehead atoms. The molecule has 0 N–H and O–H groups in total. The number of benzene rings is 2. The zero-order valence-corrected chi connectivity index (χ0v) is 9.87. The topological polar surface area (TPSA) is 60.2 Å². The predicted octanol–water partition coefficient (Wildman–Crippen LogP) is 2.42. The lowest BCUT2D eigenvalue weighted by Gasteiger charge is -2.00. The average molecular weight is 251 g/mol. The van der Waals surface area contributed by atoms with Gasteiger partial charge in [0.2, 0.25) is 5.78 Å². The van der Waals surface area contributed by atoms with Gasteiger partial charge in [-0.05, 0) is 12.1 Å². The Kier molecular flexibility index (Phi) is 2.68. The molecule has 0 aliphatic carbocycles. The molecule has 92 valence electrons. The molecule has 1 heterocycles. The Balaban J connectivity index is 2.18. The molecule has 0 spiro atoms. The van der Waals surface area contributed by atoms with E-state index in [2.05, 4.69) is 4.98 Å². The zero-order valence-electron chi connectivity index (χ0n) is 9.87. The molecule has 0 saturated carbocycles. The van der Waals surface area contributed by atoms with Gasteiger partial charge in [-0.2, -0.15) is 0 Å². The molecule has 0 radical (unpaired) electrons. The summed E-state index contributed by atoms with van der Waals surface area (Å²) < 4.78 is 5.10. The van der Waals surface area contributed by atoms with Crippen LogP contribution in [0.4, 0.5) is 0 Å². The van der Waals surface area contributed by atoms with Crippen LogP contribution in [0, 0.1) is 0 Å². The van der Waals surface area contributed by atoms with Crippen molar-refractivity contribution in [2.75, 3.05) is 0 Å². The summed E-state index contributed by atoms with van der Waals surface area (Å²) in [5.41, 5.74) is 0.369. The van der Waals surface area contributed by atoms with Gasteiger partial charge in [0.25, 0.3) is 0 Å². The standard InChI is InChI=1S/C15H9NO3/c17-14(10-6-2-1-3-7-10)13-15(18)19-12-9-5-4-8-11(12)16-13/h1-9H. The highest BCUT2D eigenvalue weighted by atomic mass is 16.4. The van der Waals surface area contributed by atoms with Crippen molar-refractivity contribution >= 4 is 16.9 Å². The molecular formula is C15H9NO3. The van der Waals surface area contributed by atoms with E-state index in [1.54, 1.807) is 54.6 Å². The number of para-hydroxylation sites is 2. The van der Waals surface area contributed by atoms with Crippen LogP contribution in [0.1, 0.15) is 16.1 Å². The first-order chi connectivity index (χ1) is 9.25. The van der Waals surface area contributed by atoms with E-state index in [0.29, 0.717) is 16.7 Å².